The number of nitrogens with zero attached hydrogens (tertiary/aromatic N) is 1. The van der Waals surface area contributed by atoms with E-state index in [-0.39, 0.29) is 6.54 Å². The largest absolute Gasteiger partial charge is 0.479 e. The molecule has 0 aliphatic rings. The van der Waals surface area contributed by atoms with Gasteiger partial charge >= 0.3 is 12.0 Å². The van der Waals surface area contributed by atoms with Crippen LogP contribution in [0.15, 0.2) is 36.5 Å². The molecule has 0 aliphatic carbocycles. The molecule has 1 heterocycles. The number of aliphatic hydroxyl groups excluding tert-OH is 1. The highest BCUT2D eigenvalue weighted by atomic mass is 16.4. The predicted molar refractivity (Wildman–Crippen MR) is 72.4 cm³/mol. The van der Waals surface area contributed by atoms with Gasteiger partial charge in [-0.25, -0.2) is 9.59 Å². The number of hydrogen-bond donors (Lipinski definition) is 4. The Morgan fingerprint density at radius 2 is 2.10 bits per heavy atom. The summed E-state index contributed by atoms with van der Waals surface area (Å²) in [5.74, 6) is -1.39. The van der Waals surface area contributed by atoms with Crippen molar-refractivity contribution in [1.29, 1.82) is 0 Å². The first-order chi connectivity index (χ1) is 9.56. The van der Waals surface area contributed by atoms with Crippen LogP contribution in [-0.2, 0) is 4.79 Å². The Morgan fingerprint density at radius 1 is 1.30 bits per heavy atom. The summed E-state index contributed by atoms with van der Waals surface area (Å²) >= 11 is 0. The number of carbonyl (C=O) groups is 2. The SMILES string of the molecule is O=C(NC[C@H](O)C(=O)O)Nc1ccc2ncccc2c1. The van der Waals surface area contributed by atoms with Crippen LogP contribution < -0.4 is 10.6 Å². The maximum Gasteiger partial charge on any atom is 0.334 e. The Bertz CT molecular complexity index is 644. The molecule has 0 bridgehead atoms. The summed E-state index contributed by atoms with van der Waals surface area (Å²) in [4.78, 5) is 26.1. The molecule has 0 radical (unpaired) electrons. The highest BCUT2D eigenvalue weighted by Gasteiger charge is 2.13. The minimum atomic E-state index is -1.62. The molecular formula is C13H13N3O4. The third kappa shape index (κ3) is 3.42. The topological polar surface area (TPSA) is 112 Å². The number of urea groups is 1. The van der Waals surface area contributed by atoms with Crippen molar-refractivity contribution in [3.63, 3.8) is 0 Å². The molecule has 4 N–H and O–H groups in total. The molecule has 2 rings (SSSR count). The number of pyridine rings is 1. The Morgan fingerprint density at radius 3 is 2.85 bits per heavy atom. The number of benzene rings is 1. The Labute approximate surface area is 114 Å². The van der Waals surface area contributed by atoms with Gasteiger partial charge in [0.1, 0.15) is 0 Å². The molecule has 0 unspecified atom stereocenters. The molecule has 1 aromatic heterocycles. The van der Waals surface area contributed by atoms with Gasteiger partial charge in [-0.2, -0.15) is 0 Å². The number of carboxylic acid groups (broad SMARTS) is 1. The van der Waals surface area contributed by atoms with Crippen LogP contribution >= 0.6 is 0 Å². The fraction of sp³-hybridized carbons (Fsp3) is 0.154. The first-order valence-electron chi connectivity index (χ1n) is 5.87. The number of nitrogens with one attached hydrogen (secondary N) is 2. The average molecular weight is 275 g/mol. The van der Waals surface area contributed by atoms with Gasteiger partial charge < -0.3 is 20.8 Å². The highest BCUT2D eigenvalue weighted by molar-refractivity contribution is 5.92. The monoisotopic (exact) mass is 275 g/mol. The van der Waals surface area contributed by atoms with Gasteiger partial charge in [-0.3, -0.25) is 4.98 Å². The number of aliphatic carboxylic acids is 1. The van der Waals surface area contributed by atoms with Gasteiger partial charge in [-0.05, 0) is 24.3 Å². The van der Waals surface area contributed by atoms with Crippen LogP contribution in [0.4, 0.5) is 10.5 Å². The van der Waals surface area contributed by atoms with E-state index in [9.17, 15) is 9.59 Å². The molecule has 20 heavy (non-hydrogen) atoms. The van der Waals surface area contributed by atoms with E-state index < -0.39 is 18.1 Å². The van der Waals surface area contributed by atoms with E-state index in [1.54, 1.807) is 30.5 Å². The quantitative estimate of drug-likeness (QED) is 0.659. The molecule has 7 nitrogen and oxygen atoms in total. The fourth-order valence-corrected chi connectivity index (χ4v) is 1.61. The lowest BCUT2D eigenvalue weighted by Crippen LogP contribution is -2.38. The summed E-state index contributed by atoms with van der Waals surface area (Å²) in [5.41, 5.74) is 1.35. The molecule has 0 fully saturated rings. The Kier molecular flexibility index (Phi) is 4.11. The van der Waals surface area contributed by atoms with Crippen molar-refractivity contribution in [3.8, 4) is 0 Å². The lowest BCUT2D eigenvalue weighted by molar-refractivity contribution is -0.146. The van der Waals surface area contributed by atoms with Crippen molar-refractivity contribution in [2.45, 2.75) is 6.10 Å². The zero-order valence-corrected chi connectivity index (χ0v) is 10.4. The normalized spacial score (nSPS) is 11.8. The molecule has 7 heteroatoms. The molecule has 0 aliphatic heterocycles. The standard InChI is InChI=1S/C13H13N3O4/c17-11(12(18)19)7-15-13(20)16-9-3-4-10-8(6-9)2-1-5-14-10/h1-6,11,17H,7H2,(H,18,19)(H2,15,16,20)/t11-/m0/s1. The van der Waals surface area contributed by atoms with E-state index in [1.807, 2.05) is 6.07 Å². The maximum atomic E-state index is 11.5. The molecule has 0 saturated heterocycles. The first kappa shape index (κ1) is 13.8. The lowest BCUT2D eigenvalue weighted by Gasteiger charge is -2.09. The van der Waals surface area contributed by atoms with Crippen molar-refractivity contribution in [3.05, 3.63) is 36.5 Å². The van der Waals surface area contributed by atoms with Gasteiger partial charge in [0.05, 0.1) is 12.1 Å². The number of fused-ring (bicyclic) bond motifs is 1. The number of carboxylic acids is 1. The minimum Gasteiger partial charge on any atom is -0.479 e. The van der Waals surface area contributed by atoms with E-state index in [1.165, 1.54) is 0 Å². The number of amides is 2. The number of aliphatic hydroxyl groups is 1. The molecule has 104 valence electrons. The predicted octanol–water partition coefficient (Wildman–Crippen LogP) is 0.802. The van der Waals surface area contributed by atoms with Crippen LogP contribution in [0.1, 0.15) is 0 Å². The van der Waals surface area contributed by atoms with Crippen LogP contribution in [0, 0.1) is 0 Å². The molecule has 2 aromatic rings. The summed E-state index contributed by atoms with van der Waals surface area (Å²) in [5, 5.41) is 23.2. The van der Waals surface area contributed by atoms with Crippen molar-refractivity contribution in [2.24, 2.45) is 0 Å². The van der Waals surface area contributed by atoms with E-state index in [0.29, 0.717) is 5.69 Å². The second kappa shape index (κ2) is 5.98. The molecule has 0 saturated carbocycles. The number of aromatic nitrogens is 1. The smallest absolute Gasteiger partial charge is 0.334 e. The summed E-state index contributed by atoms with van der Waals surface area (Å²) in [6, 6.07) is 8.25. The Hall–Kier alpha value is -2.67. The van der Waals surface area contributed by atoms with Crippen LogP contribution in [0.25, 0.3) is 10.9 Å². The maximum absolute atomic E-state index is 11.5. The van der Waals surface area contributed by atoms with Gasteiger partial charge in [0.15, 0.2) is 6.10 Å². The summed E-state index contributed by atoms with van der Waals surface area (Å²) in [6.45, 7) is -0.365. The van der Waals surface area contributed by atoms with Crippen molar-refractivity contribution in [2.75, 3.05) is 11.9 Å². The third-order valence-electron chi connectivity index (χ3n) is 2.60. The van der Waals surface area contributed by atoms with E-state index in [0.717, 1.165) is 10.9 Å². The molecule has 2 amide bonds. The van der Waals surface area contributed by atoms with Crippen LogP contribution in [-0.4, -0.2) is 39.8 Å². The number of hydrogen-bond acceptors (Lipinski definition) is 4. The third-order valence-corrected chi connectivity index (χ3v) is 2.60. The van der Waals surface area contributed by atoms with Crippen LogP contribution in [0.2, 0.25) is 0 Å². The zero-order valence-electron chi connectivity index (χ0n) is 10.4. The van der Waals surface area contributed by atoms with Gasteiger partial charge in [0.25, 0.3) is 0 Å². The first-order valence-corrected chi connectivity index (χ1v) is 5.87. The van der Waals surface area contributed by atoms with Gasteiger partial charge in [-0.15, -0.1) is 0 Å². The molecular weight excluding hydrogens is 262 g/mol. The highest BCUT2D eigenvalue weighted by Crippen LogP contribution is 2.16. The second-order valence-electron chi connectivity index (χ2n) is 4.10. The van der Waals surface area contributed by atoms with Crippen molar-refractivity contribution >= 4 is 28.6 Å². The molecule has 1 aromatic carbocycles. The molecule has 0 spiro atoms. The number of rotatable bonds is 4. The summed E-state index contributed by atoms with van der Waals surface area (Å²) < 4.78 is 0. The van der Waals surface area contributed by atoms with Gasteiger partial charge in [-0.1, -0.05) is 6.07 Å². The Balaban J connectivity index is 1.97. The average Bonchev–Trinajstić information content (AvgIpc) is 2.44. The minimum absolute atomic E-state index is 0.365. The van der Waals surface area contributed by atoms with Gasteiger partial charge in [0.2, 0.25) is 0 Å². The number of anilines is 1. The molecule has 1 atom stereocenters. The van der Waals surface area contributed by atoms with Gasteiger partial charge in [0, 0.05) is 17.3 Å². The second-order valence-corrected chi connectivity index (χ2v) is 4.10. The zero-order chi connectivity index (χ0) is 14.5. The lowest BCUT2D eigenvalue weighted by atomic mass is 10.2. The van der Waals surface area contributed by atoms with Crippen molar-refractivity contribution in [1.82, 2.24) is 10.3 Å². The van der Waals surface area contributed by atoms with Crippen LogP contribution in [0.5, 0.6) is 0 Å². The van der Waals surface area contributed by atoms with Crippen molar-refractivity contribution < 1.29 is 19.8 Å². The summed E-state index contributed by atoms with van der Waals surface area (Å²) in [7, 11) is 0. The fourth-order valence-electron chi connectivity index (χ4n) is 1.61. The van der Waals surface area contributed by atoms with E-state index >= 15 is 0 Å². The van der Waals surface area contributed by atoms with Crippen LogP contribution in [0.3, 0.4) is 0 Å². The van der Waals surface area contributed by atoms with E-state index in [2.05, 4.69) is 15.6 Å². The number of carbonyl (C=O) groups excluding carboxylic acids is 1. The summed E-state index contributed by atoms with van der Waals surface area (Å²) in [6.07, 6.45) is 0.0525. The van der Waals surface area contributed by atoms with E-state index in [4.69, 9.17) is 10.2 Å².